The number of piperidine rings is 1. The van der Waals surface area contributed by atoms with E-state index in [1.165, 1.54) is 37.0 Å². The fourth-order valence-corrected chi connectivity index (χ4v) is 4.87. The first-order valence-electron chi connectivity index (χ1n) is 11.7. The zero-order valence-electron chi connectivity index (χ0n) is 18.2. The number of amides is 3. The van der Waals surface area contributed by atoms with Gasteiger partial charge in [0.2, 0.25) is 11.8 Å². The fraction of sp³-hybridized carbons (Fsp3) is 0.625. The highest BCUT2D eigenvalue weighted by atomic mass is 16.5. The largest absolute Gasteiger partial charge is 0.482 e. The third-order valence-electron chi connectivity index (χ3n) is 6.69. The summed E-state index contributed by atoms with van der Waals surface area (Å²) in [6.45, 7) is 1.43. The number of benzene rings is 1. The molecule has 1 saturated heterocycles. The predicted octanol–water partition coefficient (Wildman–Crippen LogP) is 3.72. The molecule has 2 fully saturated rings. The molecule has 1 aromatic carbocycles. The summed E-state index contributed by atoms with van der Waals surface area (Å²) < 4.78 is 5.55. The van der Waals surface area contributed by atoms with Crippen LogP contribution in [-0.2, 0) is 14.4 Å². The predicted molar refractivity (Wildman–Crippen MR) is 119 cm³/mol. The van der Waals surface area contributed by atoms with Crippen molar-refractivity contribution in [2.24, 2.45) is 5.92 Å². The Morgan fingerprint density at radius 3 is 2.55 bits per heavy atom. The lowest BCUT2D eigenvalue weighted by Gasteiger charge is -2.33. The third-order valence-corrected chi connectivity index (χ3v) is 6.69. The van der Waals surface area contributed by atoms with Gasteiger partial charge >= 0.3 is 0 Å². The number of nitrogens with one attached hydrogen (secondary N) is 1. The average molecular weight is 428 g/mol. The summed E-state index contributed by atoms with van der Waals surface area (Å²) in [5.41, 5.74) is 1.17. The Bertz CT molecular complexity index is 813. The summed E-state index contributed by atoms with van der Waals surface area (Å²) >= 11 is 0. The van der Waals surface area contributed by atoms with E-state index in [2.05, 4.69) is 5.32 Å². The van der Waals surface area contributed by atoms with Crippen molar-refractivity contribution in [3.05, 3.63) is 18.2 Å². The number of nitrogens with zero attached hydrogens (tertiary/aromatic N) is 2. The highest BCUT2D eigenvalue weighted by molar-refractivity contribution is 6.03. The summed E-state index contributed by atoms with van der Waals surface area (Å²) in [7, 11) is 0. The second-order valence-electron chi connectivity index (χ2n) is 8.98. The molecule has 1 aromatic rings. The van der Waals surface area contributed by atoms with Crippen molar-refractivity contribution in [1.82, 2.24) is 4.90 Å². The minimum absolute atomic E-state index is 0.00821. The van der Waals surface area contributed by atoms with Gasteiger partial charge in [-0.3, -0.25) is 19.3 Å². The van der Waals surface area contributed by atoms with E-state index in [9.17, 15) is 14.4 Å². The molecular formula is C24H33N3O4. The molecule has 168 valence electrons. The molecule has 2 aliphatic heterocycles. The van der Waals surface area contributed by atoms with Crippen molar-refractivity contribution in [1.29, 1.82) is 0 Å². The van der Waals surface area contributed by atoms with Crippen molar-refractivity contribution in [2.45, 2.75) is 64.2 Å². The molecule has 3 aliphatic rings. The molecule has 0 atom stereocenters. The van der Waals surface area contributed by atoms with Gasteiger partial charge in [-0.05, 0) is 49.8 Å². The second-order valence-corrected chi connectivity index (χ2v) is 8.98. The first kappa shape index (κ1) is 21.7. The van der Waals surface area contributed by atoms with E-state index >= 15 is 0 Å². The zero-order chi connectivity index (χ0) is 21.6. The number of rotatable bonds is 6. The minimum atomic E-state index is -0.237. The monoisotopic (exact) mass is 427 g/mol. The van der Waals surface area contributed by atoms with Crippen molar-refractivity contribution in [3.8, 4) is 5.75 Å². The molecular weight excluding hydrogens is 394 g/mol. The van der Waals surface area contributed by atoms with Crippen molar-refractivity contribution >= 4 is 29.1 Å². The standard InChI is InChI=1S/C24H33N3O4/c28-22(12-9-18-7-3-1-4-8-18)25-19-10-11-21-20(15-19)27(24(30)17-31-21)16-23(29)26-13-5-2-6-14-26/h10-11,15,18H,1-9,12-14,16-17H2,(H,25,28). The summed E-state index contributed by atoms with van der Waals surface area (Å²) in [5, 5.41) is 2.96. The lowest BCUT2D eigenvalue weighted by atomic mass is 9.86. The van der Waals surface area contributed by atoms with Crippen molar-refractivity contribution in [3.63, 3.8) is 0 Å². The van der Waals surface area contributed by atoms with E-state index in [1.807, 2.05) is 4.90 Å². The fourth-order valence-electron chi connectivity index (χ4n) is 4.87. The number of hydrogen-bond acceptors (Lipinski definition) is 4. The van der Waals surface area contributed by atoms with Crippen LogP contribution in [0.1, 0.15) is 64.2 Å². The quantitative estimate of drug-likeness (QED) is 0.750. The average Bonchev–Trinajstić information content (AvgIpc) is 2.81. The molecule has 31 heavy (non-hydrogen) atoms. The highest BCUT2D eigenvalue weighted by Gasteiger charge is 2.29. The molecule has 0 unspecified atom stereocenters. The highest BCUT2D eigenvalue weighted by Crippen LogP contribution is 2.35. The normalized spacial score (nSPS) is 19.5. The van der Waals surface area contributed by atoms with E-state index in [0.29, 0.717) is 29.5 Å². The summed E-state index contributed by atoms with van der Waals surface area (Å²) in [6.07, 6.45) is 10.9. The van der Waals surface area contributed by atoms with Crippen LogP contribution in [0, 0.1) is 5.92 Å². The molecule has 1 N–H and O–H groups in total. The lowest BCUT2D eigenvalue weighted by molar-refractivity contribution is -0.132. The van der Waals surface area contributed by atoms with Gasteiger partial charge in [-0.25, -0.2) is 0 Å². The number of anilines is 2. The van der Waals surface area contributed by atoms with Gasteiger partial charge in [0.05, 0.1) is 5.69 Å². The van der Waals surface area contributed by atoms with Crippen LogP contribution in [0.25, 0.3) is 0 Å². The first-order chi connectivity index (χ1) is 15.1. The maximum Gasteiger partial charge on any atom is 0.265 e. The van der Waals surface area contributed by atoms with Crippen LogP contribution in [0.15, 0.2) is 18.2 Å². The minimum Gasteiger partial charge on any atom is -0.482 e. The van der Waals surface area contributed by atoms with E-state index in [-0.39, 0.29) is 30.9 Å². The molecule has 4 rings (SSSR count). The number of carbonyl (C=O) groups is 3. The molecule has 7 nitrogen and oxygen atoms in total. The van der Waals surface area contributed by atoms with Crippen LogP contribution in [-0.4, -0.2) is 48.9 Å². The van der Waals surface area contributed by atoms with Crippen molar-refractivity contribution in [2.75, 3.05) is 36.5 Å². The Kier molecular flexibility index (Phi) is 7.10. The number of ether oxygens (including phenoxy) is 1. The van der Waals surface area contributed by atoms with Gasteiger partial charge in [0.25, 0.3) is 5.91 Å². The smallest absolute Gasteiger partial charge is 0.265 e. The van der Waals surface area contributed by atoms with Gasteiger partial charge in [0.1, 0.15) is 12.3 Å². The summed E-state index contributed by atoms with van der Waals surface area (Å²) in [5.74, 6) is 0.933. The van der Waals surface area contributed by atoms with Crippen LogP contribution in [0.4, 0.5) is 11.4 Å². The Morgan fingerprint density at radius 1 is 1.03 bits per heavy atom. The number of hydrogen-bond donors (Lipinski definition) is 1. The van der Waals surface area contributed by atoms with E-state index in [0.717, 1.165) is 38.8 Å². The molecule has 0 spiro atoms. The maximum absolute atomic E-state index is 12.7. The van der Waals surface area contributed by atoms with E-state index in [4.69, 9.17) is 4.74 Å². The molecule has 3 amide bonds. The van der Waals surface area contributed by atoms with Gasteiger partial charge < -0.3 is 15.0 Å². The summed E-state index contributed by atoms with van der Waals surface area (Å²) in [6, 6.07) is 5.29. The molecule has 0 aromatic heterocycles. The van der Waals surface area contributed by atoms with Crippen LogP contribution in [0.5, 0.6) is 5.75 Å². The van der Waals surface area contributed by atoms with Gasteiger partial charge in [0.15, 0.2) is 6.61 Å². The van der Waals surface area contributed by atoms with Crippen LogP contribution >= 0.6 is 0 Å². The Balaban J connectivity index is 1.39. The van der Waals surface area contributed by atoms with E-state index in [1.54, 1.807) is 18.2 Å². The van der Waals surface area contributed by atoms with E-state index < -0.39 is 0 Å². The second kappa shape index (κ2) is 10.2. The number of carbonyl (C=O) groups excluding carboxylic acids is 3. The lowest BCUT2D eigenvalue weighted by Crippen LogP contribution is -2.47. The molecule has 7 heteroatoms. The van der Waals surface area contributed by atoms with Crippen LogP contribution < -0.4 is 15.0 Å². The SMILES string of the molecule is O=C(CCC1CCCCC1)Nc1ccc2c(c1)N(CC(=O)N1CCCCC1)C(=O)CO2. The molecule has 1 saturated carbocycles. The van der Waals surface area contributed by atoms with Gasteiger partial charge in [-0.1, -0.05) is 32.1 Å². The Morgan fingerprint density at radius 2 is 1.77 bits per heavy atom. The first-order valence-corrected chi connectivity index (χ1v) is 11.7. The van der Waals surface area contributed by atoms with Gasteiger partial charge in [-0.2, -0.15) is 0 Å². The maximum atomic E-state index is 12.7. The Labute approximate surface area is 184 Å². The number of fused-ring (bicyclic) bond motifs is 1. The molecule has 1 aliphatic carbocycles. The van der Waals surface area contributed by atoms with Gasteiger partial charge in [-0.15, -0.1) is 0 Å². The summed E-state index contributed by atoms with van der Waals surface area (Å²) in [4.78, 5) is 41.1. The van der Waals surface area contributed by atoms with Crippen molar-refractivity contribution < 1.29 is 19.1 Å². The molecule has 0 bridgehead atoms. The third kappa shape index (κ3) is 5.57. The number of likely N-dealkylation sites (tertiary alicyclic amines) is 1. The zero-order valence-corrected chi connectivity index (χ0v) is 18.2. The Hall–Kier alpha value is -2.57. The molecule has 0 radical (unpaired) electrons. The van der Waals surface area contributed by atoms with Gasteiger partial charge in [0, 0.05) is 25.2 Å². The van der Waals surface area contributed by atoms with Crippen LogP contribution in [0.2, 0.25) is 0 Å². The van der Waals surface area contributed by atoms with Crippen LogP contribution in [0.3, 0.4) is 0 Å². The topological polar surface area (TPSA) is 79.0 Å². The molecule has 2 heterocycles.